The van der Waals surface area contributed by atoms with Crippen molar-refractivity contribution in [3.63, 3.8) is 0 Å². The maximum atomic E-state index is 6.31. The number of benzene rings is 2. The van der Waals surface area contributed by atoms with Gasteiger partial charge in [0.15, 0.2) is 0 Å². The van der Waals surface area contributed by atoms with Gasteiger partial charge in [-0.1, -0.05) is 61.9 Å². The highest BCUT2D eigenvalue weighted by Crippen LogP contribution is 2.46. The average Bonchev–Trinajstić information content (AvgIpc) is 2.50. The fraction of sp³-hybridized carbons (Fsp3) is 0.333. The second-order valence-corrected chi connectivity index (χ2v) is 7.51. The van der Waals surface area contributed by atoms with E-state index in [1.807, 2.05) is 6.07 Å². The molecule has 0 radical (unpaired) electrons. The molecule has 2 aromatic rings. The number of fused-ring (bicyclic) bond motifs is 2. The van der Waals surface area contributed by atoms with Crippen LogP contribution in [0.5, 0.6) is 0 Å². The van der Waals surface area contributed by atoms with Crippen LogP contribution in [0.25, 0.3) is 5.57 Å². The Morgan fingerprint density at radius 3 is 2.38 bits per heavy atom. The summed E-state index contributed by atoms with van der Waals surface area (Å²) in [6, 6.07) is 15.1. The summed E-state index contributed by atoms with van der Waals surface area (Å²) in [5, 5.41) is 0.803. The van der Waals surface area contributed by atoms with Gasteiger partial charge in [-0.15, -0.1) is 12.4 Å². The van der Waals surface area contributed by atoms with Gasteiger partial charge >= 0.3 is 0 Å². The highest BCUT2D eigenvalue weighted by Gasteiger charge is 2.34. The summed E-state index contributed by atoms with van der Waals surface area (Å²) in [6.45, 7) is 5.65. The molecule has 0 spiro atoms. The zero-order chi connectivity index (χ0) is 16.6. The molecule has 1 nitrogen and oxygen atoms in total. The summed E-state index contributed by atoms with van der Waals surface area (Å²) >= 11 is 6.31. The van der Waals surface area contributed by atoms with Gasteiger partial charge in [0, 0.05) is 17.0 Å². The Hall–Kier alpha value is -1.28. The van der Waals surface area contributed by atoms with Crippen LogP contribution in [0.4, 0.5) is 0 Å². The first-order chi connectivity index (χ1) is 10.9. The minimum atomic E-state index is -0.00456. The summed E-state index contributed by atoms with van der Waals surface area (Å²) in [5.74, 6) is 0. The first-order valence-corrected chi connectivity index (χ1v) is 8.54. The van der Waals surface area contributed by atoms with Crippen molar-refractivity contribution in [1.82, 2.24) is 4.90 Å². The van der Waals surface area contributed by atoms with E-state index < -0.39 is 0 Å². The lowest BCUT2D eigenvalue weighted by atomic mass is 9.67. The fourth-order valence-corrected chi connectivity index (χ4v) is 3.70. The molecule has 2 aromatic carbocycles. The predicted molar refractivity (Wildman–Crippen MR) is 108 cm³/mol. The van der Waals surface area contributed by atoms with Crippen LogP contribution in [0.3, 0.4) is 0 Å². The van der Waals surface area contributed by atoms with E-state index in [0.717, 1.165) is 18.0 Å². The highest BCUT2D eigenvalue weighted by molar-refractivity contribution is 6.30. The van der Waals surface area contributed by atoms with E-state index in [0.29, 0.717) is 0 Å². The largest absolute Gasteiger partial charge is 0.309 e. The molecule has 0 saturated carbocycles. The second kappa shape index (κ2) is 7.31. The van der Waals surface area contributed by atoms with Crippen molar-refractivity contribution < 1.29 is 0 Å². The third-order valence-electron chi connectivity index (χ3n) is 4.76. The molecule has 0 N–H and O–H groups in total. The summed E-state index contributed by atoms with van der Waals surface area (Å²) in [5.41, 5.74) is 6.68. The van der Waals surface area contributed by atoms with E-state index in [1.54, 1.807) is 0 Å². The summed E-state index contributed by atoms with van der Waals surface area (Å²) < 4.78 is 0. The molecular weight excluding hydrogens is 337 g/mol. The molecule has 1 aliphatic rings. The molecule has 128 valence electrons. The lowest BCUT2D eigenvalue weighted by molar-refractivity contribution is 0.417. The van der Waals surface area contributed by atoms with Crippen molar-refractivity contribution in [2.75, 3.05) is 20.6 Å². The molecule has 3 heteroatoms. The van der Waals surface area contributed by atoms with Crippen molar-refractivity contribution in [1.29, 1.82) is 0 Å². The number of hydrogen-bond acceptors (Lipinski definition) is 1. The van der Waals surface area contributed by atoms with Crippen LogP contribution < -0.4 is 0 Å². The Balaban J connectivity index is 0.00000208. The van der Waals surface area contributed by atoms with Crippen LogP contribution in [0.15, 0.2) is 48.5 Å². The second-order valence-electron chi connectivity index (χ2n) is 7.07. The SMILES string of the molecule is CN(C)CC/C=C1\c2ccccc2C(C)(C)c2ccc(Cl)cc21.Cl. The normalized spacial score (nSPS) is 16.5. The van der Waals surface area contributed by atoms with Crippen molar-refractivity contribution in [3.8, 4) is 0 Å². The quantitative estimate of drug-likeness (QED) is 0.669. The van der Waals surface area contributed by atoms with Gasteiger partial charge in [-0.3, -0.25) is 0 Å². The van der Waals surface area contributed by atoms with Crippen LogP contribution in [0.1, 0.15) is 42.5 Å². The van der Waals surface area contributed by atoms with Gasteiger partial charge in [0.25, 0.3) is 0 Å². The maximum absolute atomic E-state index is 6.31. The Morgan fingerprint density at radius 1 is 1.00 bits per heavy atom. The predicted octanol–water partition coefficient (Wildman–Crippen LogP) is 5.78. The third-order valence-corrected chi connectivity index (χ3v) is 5.00. The molecule has 0 saturated heterocycles. The van der Waals surface area contributed by atoms with E-state index in [2.05, 4.69) is 75.3 Å². The van der Waals surface area contributed by atoms with Crippen LogP contribution in [-0.2, 0) is 5.41 Å². The average molecular weight is 362 g/mol. The first-order valence-electron chi connectivity index (χ1n) is 8.16. The van der Waals surface area contributed by atoms with E-state index in [9.17, 15) is 0 Å². The van der Waals surface area contributed by atoms with Crippen molar-refractivity contribution in [3.05, 3.63) is 75.8 Å². The molecule has 0 amide bonds. The molecular formula is C21H25Cl2N. The molecule has 0 aromatic heterocycles. The Morgan fingerprint density at radius 2 is 1.67 bits per heavy atom. The minimum absolute atomic E-state index is 0. The van der Waals surface area contributed by atoms with Gasteiger partial charge < -0.3 is 4.90 Å². The zero-order valence-electron chi connectivity index (χ0n) is 14.8. The summed E-state index contributed by atoms with van der Waals surface area (Å²) in [4.78, 5) is 2.22. The van der Waals surface area contributed by atoms with Crippen molar-refractivity contribution in [2.24, 2.45) is 0 Å². The fourth-order valence-electron chi connectivity index (χ4n) is 3.52. The first kappa shape index (κ1) is 19.1. The van der Waals surface area contributed by atoms with Crippen LogP contribution >= 0.6 is 24.0 Å². The van der Waals surface area contributed by atoms with Crippen molar-refractivity contribution in [2.45, 2.75) is 25.7 Å². The van der Waals surface area contributed by atoms with E-state index >= 15 is 0 Å². The Labute approximate surface area is 156 Å². The molecule has 0 unspecified atom stereocenters. The topological polar surface area (TPSA) is 3.24 Å². The van der Waals surface area contributed by atoms with Gasteiger partial charge in [0.1, 0.15) is 0 Å². The molecule has 24 heavy (non-hydrogen) atoms. The molecule has 0 heterocycles. The molecule has 0 atom stereocenters. The third kappa shape index (κ3) is 3.39. The Kier molecular flexibility index (Phi) is 5.80. The zero-order valence-corrected chi connectivity index (χ0v) is 16.3. The van der Waals surface area contributed by atoms with Crippen LogP contribution in [0.2, 0.25) is 5.02 Å². The number of rotatable bonds is 3. The molecule has 1 aliphatic carbocycles. The summed E-state index contributed by atoms with van der Waals surface area (Å²) in [7, 11) is 4.22. The van der Waals surface area contributed by atoms with Crippen molar-refractivity contribution >= 4 is 29.6 Å². The molecule has 0 fully saturated rings. The maximum Gasteiger partial charge on any atom is 0.0412 e. The molecule has 0 bridgehead atoms. The lowest BCUT2D eigenvalue weighted by Gasteiger charge is -2.36. The highest BCUT2D eigenvalue weighted by atomic mass is 35.5. The van der Waals surface area contributed by atoms with Gasteiger partial charge in [0.2, 0.25) is 0 Å². The summed E-state index contributed by atoms with van der Waals surface area (Å²) in [6.07, 6.45) is 3.40. The molecule has 3 rings (SSSR count). The number of hydrogen-bond donors (Lipinski definition) is 0. The van der Waals surface area contributed by atoms with Gasteiger partial charge in [-0.25, -0.2) is 0 Å². The smallest absolute Gasteiger partial charge is 0.0412 e. The lowest BCUT2D eigenvalue weighted by Crippen LogP contribution is -2.26. The standard InChI is InChI=1S/C21H24ClN.ClH/c1-21(2)19-10-6-5-8-17(19)16(9-7-13-23(3)4)18-14-15(22)11-12-20(18)21;/h5-6,8-12,14H,7,13H2,1-4H3;1H/b16-9+;. The van der Waals surface area contributed by atoms with Crippen LogP contribution in [-0.4, -0.2) is 25.5 Å². The van der Waals surface area contributed by atoms with Gasteiger partial charge in [-0.05, 0) is 60.5 Å². The Bertz CT molecular complexity index is 760. The number of halogens is 2. The monoisotopic (exact) mass is 361 g/mol. The number of nitrogens with zero attached hydrogens (tertiary/aromatic N) is 1. The van der Waals surface area contributed by atoms with Crippen LogP contribution in [0, 0.1) is 0 Å². The van der Waals surface area contributed by atoms with Gasteiger partial charge in [-0.2, -0.15) is 0 Å². The minimum Gasteiger partial charge on any atom is -0.309 e. The van der Waals surface area contributed by atoms with E-state index in [1.165, 1.54) is 27.8 Å². The molecule has 0 aliphatic heterocycles. The van der Waals surface area contributed by atoms with E-state index in [-0.39, 0.29) is 17.8 Å². The van der Waals surface area contributed by atoms with Gasteiger partial charge in [0.05, 0.1) is 0 Å². The van der Waals surface area contributed by atoms with E-state index in [4.69, 9.17) is 11.6 Å².